The van der Waals surface area contributed by atoms with Crippen LogP contribution < -0.4 is 16.0 Å². The number of nitrogens with two attached hydrogens (primary N) is 1. The molecule has 0 spiro atoms. The predicted octanol–water partition coefficient (Wildman–Crippen LogP) is 2.59. The summed E-state index contributed by atoms with van der Waals surface area (Å²) < 4.78 is 14.2. The van der Waals surface area contributed by atoms with Crippen molar-refractivity contribution in [2.24, 2.45) is 0 Å². The lowest BCUT2D eigenvalue weighted by atomic mass is 9.91. The van der Waals surface area contributed by atoms with Gasteiger partial charge in [-0.1, -0.05) is 6.07 Å². The Morgan fingerprint density at radius 1 is 1.16 bits per heavy atom. The minimum atomic E-state index is -0.414. The van der Waals surface area contributed by atoms with Crippen LogP contribution in [0.2, 0.25) is 0 Å². The molecule has 2 aliphatic rings. The first kappa shape index (κ1) is 19.3. The molecule has 158 valence electrons. The summed E-state index contributed by atoms with van der Waals surface area (Å²) in [5, 5.41) is 3.00. The summed E-state index contributed by atoms with van der Waals surface area (Å²) in [6.45, 7) is 3.63. The van der Waals surface area contributed by atoms with Crippen molar-refractivity contribution < 1.29 is 9.18 Å². The van der Waals surface area contributed by atoms with Gasteiger partial charge in [-0.25, -0.2) is 24.3 Å². The Hall–Kier alpha value is -3.62. The van der Waals surface area contributed by atoms with E-state index in [2.05, 4.69) is 25.2 Å². The van der Waals surface area contributed by atoms with Crippen LogP contribution in [-0.4, -0.2) is 38.9 Å². The number of carbonyl (C=O) groups excluding carboxylic acids is 1. The summed E-state index contributed by atoms with van der Waals surface area (Å²) >= 11 is 0. The molecule has 5 rings (SSSR count). The van der Waals surface area contributed by atoms with Gasteiger partial charge in [-0.15, -0.1) is 0 Å². The van der Waals surface area contributed by atoms with Crippen LogP contribution in [0.15, 0.2) is 30.5 Å². The van der Waals surface area contributed by atoms with Crippen molar-refractivity contribution in [3.63, 3.8) is 0 Å². The number of benzene rings is 1. The molecule has 0 unspecified atom stereocenters. The van der Waals surface area contributed by atoms with E-state index in [0.717, 1.165) is 37.3 Å². The Morgan fingerprint density at radius 3 is 2.77 bits per heavy atom. The molecule has 2 aromatic heterocycles. The van der Waals surface area contributed by atoms with Crippen molar-refractivity contribution in [2.75, 3.05) is 23.7 Å². The molecule has 1 atom stereocenters. The van der Waals surface area contributed by atoms with Gasteiger partial charge >= 0.3 is 0 Å². The van der Waals surface area contributed by atoms with E-state index in [9.17, 15) is 9.18 Å². The molecule has 31 heavy (non-hydrogen) atoms. The molecule has 0 bridgehead atoms. The van der Waals surface area contributed by atoms with Gasteiger partial charge in [0.25, 0.3) is 5.91 Å². The molecule has 4 heterocycles. The maximum absolute atomic E-state index is 14.2. The van der Waals surface area contributed by atoms with Gasteiger partial charge in [0, 0.05) is 31.3 Å². The lowest BCUT2D eigenvalue weighted by Crippen LogP contribution is -2.37. The molecule has 1 aromatic carbocycles. The van der Waals surface area contributed by atoms with Gasteiger partial charge in [-0.3, -0.25) is 4.79 Å². The Morgan fingerprint density at radius 2 is 1.97 bits per heavy atom. The van der Waals surface area contributed by atoms with Gasteiger partial charge in [-0.2, -0.15) is 0 Å². The first-order valence-electron chi connectivity index (χ1n) is 10.3. The van der Waals surface area contributed by atoms with Gasteiger partial charge in [-0.05, 0) is 43.5 Å². The zero-order chi connectivity index (χ0) is 21.5. The summed E-state index contributed by atoms with van der Waals surface area (Å²) in [6.07, 6.45) is 4.36. The molecule has 3 N–H and O–H groups in total. The number of carbonyl (C=O) groups is 1. The second-order valence-electron chi connectivity index (χ2n) is 7.88. The summed E-state index contributed by atoms with van der Waals surface area (Å²) in [5.74, 6) is 0.722. The summed E-state index contributed by atoms with van der Waals surface area (Å²) in [4.78, 5) is 32.5. The number of aromatic nitrogens is 4. The fourth-order valence-corrected chi connectivity index (χ4v) is 4.39. The number of fused-ring (bicyclic) bond motifs is 1. The third kappa shape index (κ3) is 3.56. The molecule has 1 amide bonds. The lowest BCUT2D eigenvalue weighted by Gasteiger charge is -2.27. The number of anilines is 2. The molecule has 0 saturated carbocycles. The molecule has 9 heteroatoms. The van der Waals surface area contributed by atoms with Crippen LogP contribution in [0, 0.1) is 12.7 Å². The quantitative estimate of drug-likeness (QED) is 0.671. The van der Waals surface area contributed by atoms with Gasteiger partial charge in [0.2, 0.25) is 5.95 Å². The topological polar surface area (TPSA) is 110 Å². The van der Waals surface area contributed by atoms with Gasteiger partial charge in [0.1, 0.15) is 11.6 Å². The number of hydrogen-bond donors (Lipinski definition) is 2. The molecule has 0 aliphatic carbocycles. The Bertz CT molecular complexity index is 1180. The first-order chi connectivity index (χ1) is 15.0. The maximum atomic E-state index is 14.2. The van der Waals surface area contributed by atoms with Crippen molar-refractivity contribution in [1.82, 2.24) is 25.3 Å². The largest absolute Gasteiger partial charge is 0.368 e. The Labute approximate surface area is 178 Å². The monoisotopic (exact) mass is 419 g/mol. The van der Waals surface area contributed by atoms with Crippen LogP contribution >= 0.6 is 0 Å². The smallest absolute Gasteiger partial charge is 0.255 e. The average molecular weight is 419 g/mol. The number of rotatable bonds is 3. The fraction of sp³-hybridized carbons (Fsp3) is 0.318. The number of aryl methyl sites for hydroxylation is 1. The normalized spacial score (nSPS) is 18.1. The molecule has 1 fully saturated rings. The number of nitrogen functional groups attached to an aromatic ring is 1. The number of amides is 1. The van der Waals surface area contributed by atoms with Crippen LogP contribution in [0.25, 0.3) is 11.4 Å². The van der Waals surface area contributed by atoms with E-state index >= 15 is 0 Å². The molecule has 1 saturated heterocycles. The first-order valence-corrected chi connectivity index (χ1v) is 10.3. The lowest BCUT2D eigenvalue weighted by molar-refractivity contribution is 0.0922. The zero-order valence-corrected chi connectivity index (χ0v) is 17.1. The number of nitrogens with zero attached hydrogens (tertiary/aromatic N) is 5. The second kappa shape index (κ2) is 7.57. The maximum Gasteiger partial charge on any atom is 0.255 e. The molecule has 3 aromatic rings. The van der Waals surface area contributed by atoms with Crippen LogP contribution in [0.5, 0.6) is 0 Å². The standard InChI is InChI=1S/C22H22FN7O/c1-12-19-17(28-22(24)26-12)11-16(27-21(19)31)14-5-4-13(23)10-15(14)20-25-7-6-18(29-20)30-8-2-3-9-30/h4-7,10,16H,2-3,8-9,11H2,1H3,(H,27,31)(H2,24,26,28)/t16-/m1/s1. The highest BCUT2D eigenvalue weighted by Crippen LogP contribution is 2.33. The van der Waals surface area contributed by atoms with Crippen molar-refractivity contribution in [3.05, 3.63) is 58.8 Å². The summed E-state index contributed by atoms with van der Waals surface area (Å²) in [7, 11) is 0. The summed E-state index contributed by atoms with van der Waals surface area (Å²) in [6, 6.07) is 5.92. The Balaban J connectivity index is 1.56. The van der Waals surface area contributed by atoms with Crippen LogP contribution in [0.3, 0.4) is 0 Å². The highest BCUT2D eigenvalue weighted by molar-refractivity contribution is 5.98. The van der Waals surface area contributed by atoms with E-state index in [1.165, 1.54) is 12.1 Å². The van der Waals surface area contributed by atoms with E-state index in [1.54, 1.807) is 19.2 Å². The summed E-state index contributed by atoms with van der Waals surface area (Å²) in [5.41, 5.74) is 8.65. The highest BCUT2D eigenvalue weighted by Gasteiger charge is 2.31. The van der Waals surface area contributed by atoms with E-state index in [-0.39, 0.29) is 17.7 Å². The van der Waals surface area contributed by atoms with Crippen molar-refractivity contribution in [1.29, 1.82) is 0 Å². The highest BCUT2D eigenvalue weighted by atomic mass is 19.1. The van der Waals surface area contributed by atoms with E-state index < -0.39 is 6.04 Å². The van der Waals surface area contributed by atoms with Crippen LogP contribution in [0.1, 0.15) is 46.2 Å². The number of nitrogens with one attached hydrogen (secondary N) is 1. The number of halogens is 1. The van der Waals surface area contributed by atoms with Crippen molar-refractivity contribution >= 4 is 17.7 Å². The third-order valence-corrected chi connectivity index (χ3v) is 5.81. The predicted molar refractivity (Wildman–Crippen MR) is 114 cm³/mol. The van der Waals surface area contributed by atoms with Crippen LogP contribution in [0.4, 0.5) is 16.2 Å². The minimum Gasteiger partial charge on any atom is -0.368 e. The zero-order valence-electron chi connectivity index (χ0n) is 17.1. The minimum absolute atomic E-state index is 0.130. The van der Waals surface area contributed by atoms with E-state index in [4.69, 9.17) is 10.7 Å². The molecular formula is C22H22FN7O. The second-order valence-corrected chi connectivity index (χ2v) is 7.88. The SMILES string of the molecule is Cc1nc(N)nc2c1C(=O)N[C@@H](c1ccc(F)cc1-c1nccc(N3CCCC3)n1)C2. The van der Waals surface area contributed by atoms with E-state index in [0.29, 0.717) is 34.8 Å². The third-order valence-electron chi connectivity index (χ3n) is 5.81. The Kier molecular flexibility index (Phi) is 4.72. The van der Waals surface area contributed by atoms with E-state index in [1.807, 2.05) is 6.07 Å². The van der Waals surface area contributed by atoms with Gasteiger partial charge < -0.3 is 16.0 Å². The molecular weight excluding hydrogens is 397 g/mol. The molecule has 0 radical (unpaired) electrons. The van der Waals surface area contributed by atoms with Gasteiger partial charge in [0.05, 0.1) is 23.0 Å². The van der Waals surface area contributed by atoms with Crippen molar-refractivity contribution in [3.8, 4) is 11.4 Å². The fourth-order valence-electron chi connectivity index (χ4n) is 4.39. The molecule has 8 nitrogen and oxygen atoms in total. The molecule has 2 aliphatic heterocycles. The van der Waals surface area contributed by atoms with Crippen LogP contribution in [-0.2, 0) is 6.42 Å². The van der Waals surface area contributed by atoms with Crippen molar-refractivity contribution in [2.45, 2.75) is 32.2 Å². The van der Waals surface area contributed by atoms with Gasteiger partial charge in [0.15, 0.2) is 5.82 Å². The average Bonchev–Trinajstić information content (AvgIpc) is 3.28. The number of hydrogen-bond acceptors (Lipinski definition) is 7.